The molecule has 0 aliphatic heterocycles. The van der Waals surface area contributed by atoms with Crippen molar-refractivity contribution in [2.24, 2.45) is 34.0 Å². The fourth-order valence-corrected chi connectivity index (χ4v) is 5.02. The minimum Gasteiger partial charge on any atom is -0.481 e. The van der Waals surface area contributed by atoms with Crippen LogP contribution in [0, 0.1) is 22.7 Å². The number of amidine groups is 1. The average molecular weight is 641 g/mol. The normalized spacial score (nSPS) is 16.1. The summed E-state index contributed by atoms with van der Waals surface area (Å²) in [4.78, 5) is 53.4. The third-order valence-corrected chi connectivity index (χ3v) is 7.28. The van der Waals surface area contributed by atoms with E-state index in [2.05, 4.69) is 20.4 Å². The number of nitrogen functional groups attached to an aromatic ring is 1. The first-order valence-corrected chi connectivity index (χ1v) is 14.3. The summed E-state index contributed by atoms with van der Waals surface area (Å²) in [7, 11) is 0. The van der Waals surface area contributed by atoms with Gasteiger partial charge in [0.05, 0.1) is 6.42 Å². The third kappa shape index (κ3) is 12.4. The van der Waals surface area contributed by atoms with Crippen molar-refractivity contribution in [2.75, 3.05) is 6.54 Å². The molecule has 1 fully saturated rings. The molecule has 0 unspecified atom stereocenters. The fourth-order valence-electron chi connectivity index (χ4n) is 5.02. The molecular weight excluding hydrogens is 601 g/mol. The van der Waals surface area contributed by atoms with Crippen molar-refractivity contribution in [1.29, 1.82) is 10.8 Å². The van der Waals surface area contributed by atoms with Gasteiger partial charge in [-0.2, -0.15) is 13.2 Å². The Bertz CT molecular complexity index is 1270. The summed E-state index contributed by atoms with van der Waals surface area (Å²) in [6.07, 6.45) is -2.48. The highest BCUT2D eigenvalue weighted by atomic mass is 19.4. The zero-order valence-corrected chi connectivity index (χ0v) is 24.5. The van der Waals surface area contributed by atoms with Crippen LogP contribution >= 0.6 is 0 Å². The van der Waals surface area contributed by atoms with Crippen LogP contribution in [0.5, 0.6) is 0 Å². The number of aliphatic imine (C=N–C) groups is 1. The first-order valence-electron chi connectivity index (χ1n) is 14.3. The number of rotatable bonds is 15. The molecular formula is C28H39F3N8O6. The number of carboxylic acid groups (broad SMARTS) is 1. The van der Waals surface area contributed by atoms with Gasteiger partial charge in [0.25, 0.3) is 0 Å². The summed E-state index contributed by atoms with van der Waals surface area (Å²) < 4.78 is 44.2. The van der Waals surface area contributed by atoms with E-state index in [1.165, 1.54) is 0 Å². The molecule has 0 radical (unpaired) electrons. The Morgan fingerprint density at radius 1 is 1.04 bits per heavy atom. The lowest BCUT2D eigenvalue weighted by atomic mass is 9.76. The molecule has 1 saturated carbocycles. The van der Waals surface area contributed by atoms with Crippen LogP contribution in [0.25, 0.3) is 0 Å². The highest BCUT2D eigenvalue weighted by molar-refractivity contribution is 5.99. The van der Waals surface area contributed by atoms with Gasteiger partial charge in [-0.25, -0.2) is 9.79 Å². The smallest absolute Gasteiger partial charge is 0.481 e. The molecule has 248 valence electrons. The molecule has 2 amide bonds. The predicted octanol–water partition coefficient (Wildman–Crippen LogP) is 1.29. The first kappa shape index (κ1) is 36.5. The summed E-state index contributed by atoms with van der Waals surface area (Å²) >= 11 is 0. The summed E-state index contributed by atoms with van der Waals surface area (Å²) in [5.41, 5.74) is 17.3. The zero-order valence-electron chi connectivity index (χ0n) is 24.5. The first-order chi connectivity index (χ1) is 21.1. The van der Waals surface area contributed by atoms with Crippen molar-refractivity contribution in [1.82, 2.24) is 10.6 Å². The molecule has 11 N–H and O–H groups in total. The molecule has 1 aliphatic carbocycles. The SMILES string of the molecule is N=C(N)NCCC[C@H](N=C(OC(=O)C(F)(F)F)[C@H](CC(=O)O)NC(=O)[C@@H](Cc1ccc(C(=N)N)cc1)C1CCCCC1)C(N)=O. The number of aliphatic carboxylic acids is 1. The molecule has 3 atom stereocenters. The Morgan fingerprint density at radius 2 is 1.67 bits per heavy atom. The molecule has 45 heavy (non-hydrogen) atoms. The summed E-state index contributed by atoms with van der Waals surface area (Å²) in [6, 6.07) is 3.15. The van der Waals surface area contributed by atoms with E-state index in [0.717, 1.165) is 19.3 Å². The van der Waals surface area contributed by atoms with Crippen LogP contribution in [0.4, 0.5) is 13.2 Å². The molecule has 14 nitrogen and oxygen atoms in total. The van der Waals surface area contributed by atoms with Crippen LogP contribution in [-0.4, -0.2) is 71.4 Å². The maximum atomic E-state index is 13.8. The number of alkyl halides is 3. The van der Waals surface area contributed by atoms with E-state index in [-0.39, 0.29) is 43.5 Å². The Labute approximate surface area is 257 Å². The molecule has 0 bridgehead atoms. The lowest BCUT2D eigenvalue weighted by Crippen LogP contribution is -2.49. The van der Waals surface area contributed by atoms with Gasteiger partial charge in [0.2, 0.25) is 17.7 Å². The van der Waals surface area contributed by atoms with Crippen molar-refractivity contribution < 1.29 is 42.2 Å². The van der Waals surface area contributed by atoms with Gasteiger partial charge in [0, 0.05) is 18.0 Å². The minimum atomic E-state index is -5.51. The second kappa shape index (κ2) is 17.0. The quantitative estimate of drug-likeness (QED) is 0.0593. The number of carboxylic acids is 1. The van der Waals surface area contributed by atoms with Gasteiger partial charge < -0.3 is 37.7 Å². The number of ether oxygens (including phenoxy) is 1. The highest BCUT2D eigenvalue weighted by Gasteiger charge is 2.44. The molecule has 17 heteroatoms. The number of nitrogens with one attached hydrogen (secondary N) is 4. The van der Waals surface area contributed by atoms with Gasteiger partial charge in [-0.15, -0.1) is 0 Å². The minimum absolute atomic E-state index is 0.0675. The molecule has 0 aromatic heterocycles. The Balaban J connectivity index is 2.47. The van der Waals surface area contributed by atoms with Crippen molar-refractivity contribution in [3.8, 4) is 0 Å². The van der Waals surface area contributed by atoms with E-state index in [1.807, 2.05) is 0 Å². The standard InChI is InChI=1S/C28H39F3N8O6/c29-28(30,31)26(44)45-25(39-19(23(34)42)7-4-12-37-27(35)36)20(14-21(40)41)38-24(43)18(16-5-2-1-3-6-16)13-15-8-10-17(11-9-15)22(32)33/h8-11,16,18-20H,1-7,12-14H2,(H3,32,33)(H2,34,42)(H,38,43)(H,40,41)(H4,35,36,37)/t18-,19-,20-/m0/s1. The number of esters is 1. The Hall–Kier alpha value is -4.70. The lowest BCUT2D eigenvalue weighted by Gasteiger charge is -2.31. The zero-order chi connectivity index (χ0) is 33.7. The molecule has 0 spiro atoms. The molecule has 1 aliphatic rings. The number of carbonyl (C=O) groups excluding carboxylic acids is 3. The van der Waals surface area contributed by atoms with Crippen LogP contribution in [0.3, 0.4) is 0 Å². The third-order valence-electron chi connectivity index (χ3n) is 7.28. The van der Waals surface area contributed by atoms with Crippen molar-refractivity contribution in [3.63, 3.8) is 0 Å². The van der Waals surface area contributed by atoms with Crippen LogP contribution in [-0.2, 0) is 30.3 Å². The van der Waals surface area contributed by atoms with E-state index in [4.69, 9.17) is 28.0 Å². The summed E-state index contributed by atoms with van der Waals surface area (Å²) in [5, 5.41) is 29.2. The number of carbonyl (C=O) groups is 4. The van der Waals surface area contributed by atoms with Gasteiger partial charge in [-0.1, -0.05) is 43.5 Å². The Morgan fingerprint density at radius 3 is 2.18 bits per heavy atom. The molecule has 0 saturated heterocycles. The topological polar surface area (TPSA) is 260 Å². The maximum Gasteiger partial charge on any atom is 0.491 e. The molecule has 1 aromatic rings. The molecule has 0 heterocycles. The van der Waals surface area contributed by atoms with Crippen LogP contribution in [0.15, 0.2) is 29.3 Å². The molecule has 2 rings (SSSR count). The summed E-state index contributed by atoms with van der Waals surface area (Å²) in [5.74, 6) is -8.69. The van der Waals surface area contributed by atoms with Gasteiger partial charge >= 0.3 is 18.1 Å². The second-order valence-electron chi connectivity index (χ2n) is 10.7. The van der Waals surface area contributed by atoms with Gasteiger partial charge in [0.15, 0.2) is 5.96 Å². The number of nitrogens with zero attached hydrogens (tertiary/aromatic N) is 1. The Kier molecular flexibility index (Phi) is 13.8. The maximum absolute atomic E-state index is 13.8. The number of nitrogens with two attached hydrogens (primary N) is 3. The van der Waals surface area contributed by atoms with E-state index < -0.39 is 60.2 Å². The number of guanidine groups is 1. The summed E-state index contributed by atoms with van der Waals surface area (Å²) in [6.45, 7) is 0.0675. The van der Waals surface area contributed by atoms with Crippen LogP contribution < -0.4 is 27.8 Å². The number of hydrogen-bond donors (Lipinski definition) is 8. The van der Waals surface area contributed by atoms with Crippen LogP contribution in [0.1, 0.15) is 62.5 Å². The number of hydrogen-bond acceptors (Lipinski definition) is 8. The van der Waals surface area contributed by atoms with Gasteiger partial charge in [-0.3, -0.25) is 25.2 Å². The molecule has 1 aromatic carbocycles. The lowest BCUT2D eigenvalue weighted by molar-refractivity contribution is -0.191. The monoisotopic (exact) mass is 640 g/mol. The van der Waals surface area contributed by atoms with E-state index in [1.54, 1.807) is 24.3 Å². The van der Waals surface area contributed by atoms with E-state index in [0.29, 0.717) is 24.0 Å². The van der Waals surface area contributed by atoms with Gasteiger partial charge in [0.1, 0.15) is 17.9 Å². The van der Waals surface area contributed by atoms with Crippen molar-refractivity contribution >= 4 is 41.4 Å². The predicted molar refractivity (Wildman–Crippen MR) is 157 cm³/mol. The number of halogens is 3. The number of benzene rings is 1. The van der Waals surface area contributed by atoms with Crippen molar-refractivity contribution in [3.05, 3.63) is 35.4 Å². The van der Waals surface area contributed by atoms with E-state index >= 15 is 0 Å². The van der Waals surface area contributed by atoms with Gasteiger partial charge in [-0.05, 0) is 43.6 Å². The average Bonchev–Trinajstić information content (AvgIpc) is 2.96. The fraction of sp³-hybridized carbons (Fsp3) is 0.536. The largest absolute Gasteiger partial charge is 0.491 e. The second-order valence-corrected chi connectivity index (χ2v) is 10.7. The van der Waals surface area contributed by atoms with Crippen LogP contribution in [0.2, 0.25) is 0 Å². The van der Waals surface area contributed by atoms with E-state index in [9.17, 15) is 37.5 Å². The highest BCUT2D eigenvalue weighted by Crippen LogP contribution is 2.32. The number of amides is 2. The van der Waals surface area contributed by atoms with Crippen molar-refractivity contribution in [2.45, 2.75) is 76.0 Å². The number of primary amides is 1.